The number of ether oxygens (including phenoxy) is 2. The van der Waals surface area contributed by atoms with E-state index in [1.54, 1.807) is 7.11 Å². The van der Waals surface area contributed by atoms with Crippen LogP contribution in [-0.2, 0) is 19.5 Å². The number of methoxy groups -OCH3 is 1. The van der Waals surface area contributed by atoms with Crippen molar-refractivity contribution in [2.45, 2.75) is 35.9 Å². The number of halogens is 1. The highest BCUT2D eigenvalue weighted by molar-refractivity contribution is 7.89. The van der Waals surface area contributed by atoms with Gasteiger partial charge in [-0.2, -0.15) is 4.31 Å². The van der Waals surface area contributed by atoms with Gasteiger partial charge in [-0.25, -0.2) is 12.8 Å². The lowest BCUT2D eigenvalue weighted by atomic mass is 9.87. The zero-order valence-electron chi connectivity index (χ0n) is 12.5. The number of piperidine rings is 1. The molecule has 0 saturated carbocycles. The van der Waals surface area contributed by atoms with Gasteiger partial charge >= 0.3 is 0 Å². The Morgan fingerprint density at radius 2 is 2.14 bits per heavy atom. The SMILES string of the molecule is CO[C@H]1CN(S(=O)(=O)c2ccccc2F)CC[C@@]12CCCO2. The first kappa shape index (κ1) is 15.9. The monoisotopic (exact) mass is 329 g/mol. The minimum Gasteiger partial charge on any atom is -0.377 e. The van der Waals surface area contributed by atoms with E-state index >= 15 is 0 Å². The summed E-state index contributed by atoms with van der Waals surface area (Å²) in [4.78, 5) is -0.284. The Bertz CT molecular complexity index is 643. The highest BCUT2D eigenvalue weighted by Gasteiger charge is 2.49. The summed E-state index contributed by atoms with van der Waals surface area (Å²) in [6.07, 6.45) is 2.07. The molecule has 2 saturated heterocycles. The van der Waals surface area contributed by atoms with Crippen LogP contribution < -0.4 is 0 Å². The second-order valence-electron chi connectivity index (χ2n) is 5.78. The van der Waals surface area contributed by atoms with Gasteiger partial charge in [0, 0.05) is 26.8 Å². The normalized spacial score (nSPS) is 30.0. The van der Waals surface area contributed by atoms with Crippen LogP contribution in [-0.4, -0.2) is 51.2 Å². The van der Waals surface area contributed by atoms with E-state index in [9.17, 15) is 12.8 Å². The molecule has 2 aliphatic rings. The summed E-state index contributed by atoms with van der Waals surface area (Å²) in [5.41, 5.74) is -0.393. The van der Waals surface area contributed by atoms with E-state index in [4.69, 9.17) is 9.47 Å². The molecule has 0 aromatic heterocycles. The van der Waals surface area contributed by atoms with Crippen LogP contribution in [0.1, 0.15) is 19.3 Å². The lowest BCUT2D eigenvalue weighted by molar-refractivity contribution is -0.131. The third-order valence-corrected chi connectivity index (χ3v) is 6.51. The van der Waals surface area contributed by atoms with Crippen LogP contribution >= 0.6 is 0 Å². The van der Waals surface area contributed by atoms with Crippen LogP contribution in [0.5, 0.6) is 0 Å². The molecule has 2 heterocycles. The molecule has 0 aliphatic carbocycles. The molecule has 0 unspecified atom stereocenters. The zero-order valence-corrected chi connectivity index (χ0v) is 13.3. The van der Waals surface area contributed by atoms with Gasteiger partial charge in [0.1, 0.15) is 10.7 Å². The maximum atomic E-state index is 13.9. The molecular weight excluding hydrogens is 309 g/mol. The van der Waals surface area contributed by atoms with Gasteiger partial charge in [-0.05, 0) is 31.4 Å². The Hall–Kier alpha value is -1.02. The van der Waals surface area contributed by atoms with Crippen LogP contribution in [0.2, 0.25) is 0 Å². The van der Waals surface area contributed by atoms with Crippen LogP contribution in [0.25, 0.3) is 0 Å². The smallest absolute Gasteiger partial charge is 0.246 e. The van der Waals surface area contributed by atoms with E-state index in [0.717, 1.165) is 18.9 Å². The Morgan fingerprint density at radius 1 is 1.36 bits per heavy atom. The second kappa shape index (κ2) is 5.88. The van der Waals surface area contributed by atoms with Crippen LogP contribution in [0.3, 0.4) is 0 Å². The average molecular weight is 329 g/mol. The van der Waals surface area contributed by atoms with Crippen molar-refractivity contribution in [3.8, 4) is 0 Å². The van der Waals surface area contributed by atoms with Crippen molar-refractivity contribution in [2.24, 2.45) is 0 Å². The molecule has 22 heavy (non-hydrogen) atoms. The van der Waals surface area contributed by atoms with Gasteiger partial charge in [0.25, 0.3) is 0 Å². The molecule has 0 amide bonds. The van der Waals surface area contributed by atoms with Crippen LogP contribution in [0.4, 0.5) is 4.39 Å². The van der Waals surface area contributed by atoms with Gasteiger partial charge in [0.05, 0.1) is 11.7 Å². The summed E-state index contributed by atoms with van der Waals surface area (Å²) in [5.74, 6) is -0.728. The molecule has 7 heteroatoms. The molecule has 2 atom stereocenters. The molecular formula is C15H20FNO4S. The Morgan fingerprint density at radius 3 is 2.77 bits per heavy atom. The lowest BCUT2D eigenvalue weighted by Gasteiger charge is -2.43. The van der Waals surface area contributed by atoms with Gasteiger partial charge < -0.3 is 9.47 Å². The van der Waals surface area contributed by atoms with Gasteiger partial charge in [-0.15, -0.1) is 0 Å². The summed E-state index contributed by atoms with van der Waals surface area (Å²) < 4.78 is 51.8. The molecule has 0 bridgehead atoms. The molecule has 5 nitrogen and oxygen atoms in total. The van der Waals surface area contributed by atoms with Gasteiger partial charge in [0.2, 0.25) is 10.0 Å². The fraction of sp³-hybridized carbons (Fsp3) is 0.600. The summed E-state index contributed by atoms with van der Waals surface area (Å²) in [7, 11) is -2.30. The zero-order chi connectivity index (χ0) is 15.8. The minimum absolute atomic E-state index is 0.188. The fourth-order valence-electron chi connectivity index (χ4n) is 3.39. The van der Waals surface area contributed by atoms with Gasteiger partial charge in [0.15, 0.2) is 0 Å². The van der Waals surface area contributed by atoms with Crippen molar-refractivity contribution < 1.29 is 22.3 Å². The van der Waals surface area contributed by atoms with E-state index < -0.39 is 21.4 Å². The van der Waals surface area contributed by atoms with Crippen LogP contribution in [0.15, 0.2) is 29.2 Å². The van der Waals surface area contributed by atoms with Crippen molar-refractivity contribution in [1.82, 2.24) is 4.31 Å². The van der Waals surface area contributed by atoms with Crippen molar-refractivity contribution in [2.75, 3.05) is 26.8 Å². The summed E-state index contributed by atoms with van der Waals surface area (Å²) >= 11 is 0. The van der Waals surface area contributed by atoms with Gasteiger partial charge in [-0.3, -0.25) is 0 Å². The van der Waals surface area contributed by atoms with Crippen LogP contribution in [0, 0.1) is 5.82 Å². The number of hydrogen-bond donors (Lipinski definition) is 0. The molecule has 1 spiro atoms. The fourth-order valence-corrected chi connectivity index (χ4v) is 4.89. The molecule has 1 aromatic rings. The third kappa shape index (κ3) is 2.56. The number of benzene rings is 1. The molecule has 2 fully saturated rings. The third-order valence-electron chi connectivity index (χ3n) is 4.61. The first-order chi connectivity index (χ1) is 10.5. The molecule has 1 aromatic carbocycles. The highest BCUT2D eigenvalue weighted by atomic mass is 32.2. The Kier molecular flexibility index (Phi) is 4.24. The molecule has 122 valence electrons. The number of sulfonamides is 1. The van der Waals surface area contributed by atoms with E-state index in [-0.39, 0.29) is 17.5 Å². The number of nitrogens with zero attached hydrogens (tertiary/aromatic N) is 1. The average Bonchev–Trinajstić information content (AvgIpc) is 2.97. The lowest BCUT2D eigenvalue weighted by Crippen LogP contribution is -2.57. The number of hydrogen-bond acceptors (Lipinski definition) is 4. The molecule has 0 N–H and O–H groups in total. The standard InChI is InChI=1S/C15H20FNO4S/c1-20-14-11-17(9-8-15(14)7-4-10-21-15)22(18,19)13-6-3-2-5-12(13)16/h2-3,5-6,14H,4,7-11H2,1H3/t14-,15-/m0/s1. The van der Waals surface area contributed by atoms with E-state index in [1.165, 1.54) is 22.5 Å². The largest absolute Gasteiger partial charge is 0.377 e. The topological polar surface area (TPSA) is 55.8 Å². The minimum atomic E-state index is -3.86. The Labute approximate surface area is 130 Å². The summed E-state index contributed by atoms with van der Waals surface area (Å²) in [6.45, 7) is 1.18. The van der Waals surface area contributed by atoms with Crippen molar-refractivity contribution in [1.29, 1.82) is 0 Å². The van der Waals surface area contributed by atoms with E-state index in [1.807, 2.05) is 0 Å². The molecule has 2 aliphatic heterocycles. The summed E-state index contributed by atoms with van der Waals surface area (Å²) in [6, 6.07) is 5.45. The Balaban J connectivity index is 1.86. The summed E-state index contributed by atoms with van der Waals surface area (Å²) in [5, 5.41) is 0. The van der Waals surface area contributed by atoms with Crippen molar-refractivity contribution in [3.05, 3.63) is 30.1 Å². The van der Waals surface area contributed by atoms with Crippen molar-refractivity contribution >= 4 is 10.0 Å². The first-order valence-corrected chi connectivity index (χ1v) is 8.85. The second-order valence-corrected chi connectivity index (χ2v) is 7.69. The maximum Gasteiger partial charge on any atom is 0.246 e. The molecule has 3 rings (SSSR count). The highest BCUT2D eigenvalue weighted by Crippen LogP contribution is 2.38. The number of rotatable bonds is 3. The quantitative estimate of drug-likeness (QED) is 0.848. The first-order valence-electron chi connectivity index (χ1n) is 7.41. The van der Waals surface area contributed by atoms with Crippen molar-refractivity contribution in [3.63, 3.8) is 0 Å². The van der Waals surface area contributed by atoms with Gasteiger partial charge in [-0.1, -0.05) is 12.1 Å². The van der Waals surface area contributed by atoms with E-state index in [0.29, 0.717) is 19.6 Å². The molecule has 0 radical (unpaired) electrons. The predicted molar refractivity (Wildman–Crippen MR) is 78.5 cm³/mol. The van der Waals surface area contributed by atoms with E-state index in [2.05, 4.69) is 0 Å². The predicted octanol–water partition coefficient (Wildman–Crippen LogP) is 1.78. The maximum absolute atomic E-state index is 13.9.